The normalized spacial score (nSPS) is 22.5. The second-order valence-electron chi connectivity index (χ2n) is 4.19. The van der Waals surface area contributed by atoms with E-state index in [0.717, 1.165) is 6.42 Å². The Kier molecular flexibility index (Phi) is 5.45. The lowest BCUT2D eigenvalue weighted by Gasteiger charge is -2.18. The molecule has 0 aromatic carbocycles. The number of ether oxygens (including phenoxy) is 2. The fourth-order valence-electron chi connectivity index (χ4n) is 1.94. The number of rotatable bonds is 6. The Morgan fingerprint density at radius 3 is 2.57 bits per heavy atom. The summed E-state index contributed by atoms with van der Waals surface area (Å²) in [4.78, 5) is 0. The number of hydrogen-bond acceptors (Lipinski definition) is 3. The zero-order chi connectivity index (χ0) is 10.4. The van der Waals surface area contributed by atoms with Gasteiger partial charge in [0, 0.05) is 6.42 Å². The van der Waals surface area contributed by atoms with E-state index in [4.69, 9.17) is 9.47 Å². The van der Waals surface area contributed by atoms with Gasteiger partial charge in [0.2, 0.25) is 0 Å². The maximum absolute atomic E-state index is 9.75. The monoisotopic (exact) mass is 202 g/mol. The van der Waals surface area contributed by atoms with Crippen molar-refractivity contribution < 1.29 is 14.6 Å². The van der Waals surface area contributed by atoms with Gasteiger partial charge in [-0.3, -0.25) is 0 Å². The molecule has 0 aliphatic carbocycles. The molecule has 1 N–H and O–H groups in total. The lowest BCUT2D eigenvalue weighted by atomic mass is 9.97. The molecule has 3 nitrogen and oxygen atoms in total. The minimum Gasteiger partial charge on any atom is -0.393 e. The van der Waals surface area contributed by atoms with Crippen molar-refractivity contribution in [1.29, 1.82) is 0 Å². The minimum absolute atomic E-state index is 0.168. The molecule has 1 saturated heterocycles. The van der Waals surface area contributed by atoms with Crippen LogP contribution in [0.25, 0.3) is 0 Å². The summed E-state index contributed by atoms with van der Waals surface area (Å²) in [5.41, 5.74) is 0. The van der Waals surface area contributed by atoms with Crippen molar-refractivity contribution in [3.63, 3.8) is 0 Å². The van der Waals surface area contributed by atoms with E-state index in [1.54, 1.807) is 0 Å². The van der Waals surface area contributed by atoms with E-state index in [9.17, 15) is 5.11 Å². The van der Waals surface area contributed by atoms with Crippen molar-refractivity contribution in [2.75, 3.05) is 13.2 Å². The van der Waals surface area contributed by atoms with Gasteiger partial charge in [-0.05, 0) is 12.3 Å². The first kappa shape index (κ1) is 12.0. The van der Waals surface area contributed by atoms with Gasteiger partial charge < -0.3 is 14.6 Å². The quantitative estimate of drug-likeness (QED) is 0.715. The third-order valence-corrected chi connectivity index (χ3v) is 2.61. The Bertz CT molecular complexity index is 143. The van der Waals surface area contributed by atoms with Gasteiger partial charge in [-0.1, -0.05) is 26.7 Å². The molecule has 84 valence electrons. The smallest absolute Gasteiger partial charge is 0.160 e. The summed E-state index contributed by atoms with van der Waals surface area (Å²) in [6.45, 7) is 5.69. The lowest BCUT2D eigenvalue weighted by molar-refractivity contribution is -0.0728. The average Bonchev–Trinajstić information content (AvgIpc) is 2.56. The fourth-order valence-corrected chi connectivity index (χ4v) is 1.94. The summed E-state index contributed by atoms with van der Waals surface area (Å²) >= 11 is 0. The zero-order valence-electron chi connectivity index (χ0n) is 9.24. The van der Waals surface area contributed by atoms with Gasteiger partial charge in [0.15, 0.2) is 6.29 Å². The van der Waals surface area contributed by atoms with Crippen LogP contribution >= 0.6 is 0 Å². The zero-order valence-corrected chi connectivity index (χ0v) is 9.24. The predicted molar refractivity (Wildman–Crippen MR) is 55.0 cm³/mol. The minimum atomic E-state index is -0.278. The van der Waals surface area contributed by atoms with Crippen LogP contribution < -0.4 is 0 Å². The fraction of sp³-hybridized carbons (Fsp3) is 1.00. The first-order chi connectivity index (χ1) is 6.72. The summed E-state index contributed by atoms with van der Waals surface area (Å²) in [6, 6.07) is 0. The Labute approximate surface area is 86.4 Å². The summed E-state index contributed by atoms with van der Waals surface area (Å²) in [6.07, 6.45) is 3.40. The van der Waals surface area contributed by atoms with Crippen LogP contribution in [0.4, 0.5) is 0 Å². The Morgan fingerprint density at radius 2 is 2.00 bits per heavy atom. The molecule has 1 heterocycles. The van der Waals surface area contributed by atoms with E-state index in [0.29, 0.717) is 25.6 Å². The third kappa shape index (κ3) is 4.40. The van der Waals surface area contributed by atoms with Crippen molar-refractivity contribution >= 4 is 0 Å². The van der Waals surface area contributed by atoms with E-state index in [1.807, 2.05) is 0 Å². The summed E-state index contributed by atoms with van der Waals surface area (Å²) in [5, 5.41) is 9.75. The number of hydrogen-bond donors (Lipinski definition) is 1. The van der Waals surface area contributed by atoms with Crippen LogP contribution in [0.5, 0.6) is 0 Å². The molecule has 0 amide bonds. The molecule has 0 radical (unpaired) electrons. The van der Waals surface area contributed by atoms with Gasteiger partial charge in [-0.2, -0.15) is 0 Å². The summed E-state index contributed by atoms with van der Waals surface area (Å²) < 4.78 is 10.6. The third-order valence-electron chi connectivity index (χ3n) is 2.61. The molecule has 0 bridgehead atoms. The van der Waals surface area contributed by atoms with Crippen LogP contribution in [-0.2, 0) is 9.47 Å². The molecule has 0 aromatic heterocycles. The first-order valence-electron chi connectivity index (χ1n) is 5.63. The van der Waals surface area contributed by atoms with Crippen LogP contribution in [0.1, 0.15) is 39.5 Å². The van der Waals surface area contributed by atoms with Crippen molar-refractivity contribution in [3.05, 3.63) is 0 Å². The molecule has 0 saturated carbocycles. The second-order valence-corrected chi connectivity index (χ2v) is 4.19. The largest absolute Gasteiger partial charge is 0.393 e. The standard InChI is InChI=1S/C11H22O3/c1-3-4-9(2)7-10(12)8-11-13-5-6-14-11/h9-12H,3-8H2,1-2H3. The Morgan fingerprint density at radius 1 is 1.36 bits per heavy atom. The van der Waals surface area contributed by atoms with E-state index >= 15 is 0 Å². The van der Waals surface area contributed by atoms with Crippen LogP contribution in [-0.4, -0.2) is 30.7 Å². The van der Waals surface area contributed by atoms with Crippen LogP contribution in [0, 0.1) is 5.92 Å². The topological polar surface area (TPSA) is 38.7 Å². The summed E-state index contributed by atoms with van der Waals surface area (Å²) in [7, 11) is 0. The molecule has 0 spiro atoms. The van der Waals surface area contributed by atoms with E-state index < -0.39 is 0 Å². The lowest BCUT2D eigenvalue weighted by Crippen LogP contribution is -2.20. The maximum Gasteiger partial charge on any atom is 0.160 e. The molecule has 3 heteroatoms. The summed E-state index contributed by atoms with van der Waals surface area (Å²) in [5.74, 6) is 0.594. The van der Waals surface area contributed by atoms with Crippen molar-refractivity contribution in [1.82, 2.24) is 0 Å². The molecular formula is C11H22O3. The molecule has 14 heavy (non-hydrogen) atoms. The van der Waals surface area contributed by atoms with Crippen LogP contribution in [0.15, 0.2) is 0 Å². The van der Waals surface area contributed by atoms with Gasteiger partial charge >= 0.3 is 0 Å². The number of aliphatic hydroxyl groups is 1. The highest BCUT2D eigenvalue weighted by molar-refractivity contribution is 4.65. The molecule has 1 aliphatic heterocycles. The highest BCUT2D eigenvalue weighted by Crippen LogP contribution is 2.18. The predicted octanol–water partition coefficient (Wildman–Crippen LogP) is 1.94. The molecule has 1 aliphatic rings. The molecular weight excluding hydrogens is 180 g/mol. The van der Waals surface area contributed by atoms with Gasteiger partial charge in [0.05, 0.1) is 19.3 Å². The highest BCUT2D eigenvalue weighted by atomic mass is 16.7. The van der Waals surface area contributed by atoms with E-state index in [-0.39, 0.29) is 12.4 Å². The Hall–Kier alpha value is -0.120. The van der Waals surface area contributed by atoms with Crippen molar-refractivity contribution in [2.45, 2.75) is 51.9 Å². The molecule has 2 atom stereocenters. The molecule has 2 unspecified atom stereocenters. The van der Waals surface area contributed by atoms with E-state index in [1.165, 1.54) is 12.8 Å². The second kappa shape index (κ2) is 6.38. The van der Waals surface area contributed by atoms with Gasteiger partial charge in [0.1, 0.15) is 0 Å². The maximum atomic E-state index is 9.75. The molecule has 1 fully saturated rings. The molecule has 0 aromatic rings. The van der Waals surface area contributed by atoms with Gasteiger partial charge in [-0.15, -0.1) is 0 Å². The van der Waals surface area contributed by atoms with Crippen LogP contribution in [0.3, 0.4) is 0 Å². The van der Waals surface area contributed by atoms with Crippen molar-refractivity contribution in [3.8, 4) is 0 Å². The average molecular weight is 202 g/mol. The highest BCUT2D eigenvalue weighted by Gasteiger charge is 2.20. The SMILES string of the molecule is CCCC(C)CC(O)CC1OCCO1. The Balaban J connectivity index is 2.10. The van der Waals surface area contributed by atoms with Crippen molar-refractivity contribution in [2.24, 2.45) is 5.92 Å². The first-order valence-corrected chi connectivity index (χ1v) is 5.63. The molecule has 1 rings (SSSR count). The van der Waals surface area contributed by atoms with Gasteiger partial charge in [0.25, 0.3) is 0 Å². The van der Waals surface area contributed by atoms with Crippen LogP contribution in [0.2, 0.25) is 0 Å². The van der Waals surface area contributed by atoms with Gasteiger partial charge in [-0.25, -0.2) is 0 Å². The number of aliphatic hydroxyl groups excluding tert-OH is 1. The van der Waals surface area contributed by atoms with E-state index in [2.05, 4.69) is 13.8 Å².